The molecule has 16 rings (SSSR count). The van der Waals surface area contributed by atoms with Crippen molar-refractivity contribution >= 4 is 5.97 Å². The van der Waals surface area contributed by atoms with Crippen LogP contribution in [-0.2, 0) is 75.8 Å². The Morgan fingerprint density at radius 1 is 0.532 bits per heavy atom. The van der Waals surface area contributed by atoms with Crippen molar-refractivity contribution in [3.63, 3.8) is 0 Å². The molecule has 16 saturated heterocycles. The number of carbonyl (C=O) groups excluding carboxylic acids is 1. The number of esters is 1. The third-order valence-corrected chi connectivity index (χ3v) is 22.1. The largest absolute Gasteiger partial charge is 0.459 e. The molecule has 0 radical (unpaired) electrons. The average molecular weight is 1110 g/mol. The van der Waals surface area contributed by atoms with Crippen LogP contribution in [0.25, 0.3) is 0 Å². The fourth-order valence-electron chi connectivity index (χ4n) is 18.2. The van der Waals surface area contributed by atoms with E-state index >= 15 is 0 Å². The molecule has 0 amide bonds. The number of fused-ring (bicyclic) bond motifs is 11. The first-order valence-electron chi connectivity index (χ1n) is 30.8. The van der Waals surface area contributed by atoms with E-state index in [2.05, 4.69) is 40.9 Å². The van der Waals surface area contributed by atoms with Gasteiger partial charge >= 0.3 is 5.97 Å². The zero-order valence-corrected chi connectivity index (χ0v) is 46.5. The molecule has 19 heteroatoms. The van der Waals surface area contributed by atoms with E-state index in [-0.39, 0.29) is 146 Å². The molecule has 16 heterocycles. The Morgan fingerprint density at radius 2 is 1.20 bits per heavy atom. The zero-order chi connectivity index (χ0) is 54.0. The first kappa shape index (κ1) is 54.0. The van der Waals surface area contributed by atoms with Gasteiger partial charge in [0, 0.05) is 69.6 Å². The van der Waals surface area contributed by atoms with Gasteiger partial charge < -0.3 is 86.4 Å². The smallest absolute Gasteiger partial charge is 0.308 e. The van der Waals surface area contributed by atoms with Crippen LogP contribution in [0.3, 0.4) is 0 Å². The lowest BCUT2D eigenvalue weighted by molar-refractivity contribution is -0.370. The Labute approximate surface area is 463 Å². The maximum absolute atomic E-state index is 14.5. The van der Waals surface area contributed by atoms with E-state index in [9.17, 15) is 20.1 Å². The van der Waals surface area contributed by atoms with Gasteiger partial charge in [0.1, 0.15) is 30.5 Å². The van der Waals surface area contributed by atoms with E-state index in [0.29, 0.717) is 77.2 Å². The highest BCUT2D eigenvalue weighted by Gasteiger charge is 2.67. The van der Waals surface area contributed by atoms with Gasteiger partial charge in [-0.05, 0) is 73.8 Å². The zero-order valence-electron chi connectivity index (χ0n) is 46.5. The quantitative estimate of drug-likeness (QED) is 0.251. The summed E-state index contributed by atoms with van der Waals surface area (Å²) in [5.74, 6) is -3.06. The molecule has 32 atom stereocenters. The molecule has 3 N–H and O–H groups in total. The van der Waals surface area contributed by atoms with Crippen molar-refractivity contribution in [2.75, 3.05) is 13.2 Å². The number of hydrogen-bond donors (Lipinski definition) is 3. The van der Waals surface area contributed by atoms with Crippen LogP contribution >= 0.6 is 0 Å². The average Bonchev–Trinajstić information content (AvgIpc) is 4.11. The third-order valence-electron chi connectivity index (χ3n) is 22.1. The predicted molar refractivity (Wildman–Crippen MR) is 274 cm³/mol. The molecular formula is C60H86O19. The molecule has 0 aromatic heterocycles. The maximum atomic E-state index is 14.5. The van der Waals surface area contributed by atoms with Gasteiger partial charge in [-0.15, -0.1) is 0 Å². The van der Waals surface area contributed by atoms with Crippen molar-refractivity contribution in [1.82, 2.24) is 0 Å². The molecule has 19 nitrogen and oxygen atoms in total. The van der Waals surface area contributed by atoms with Crippen LogP contribution in [0.5, 0.6) is 0 Å². The summed E-state index contributed by atoms with van der Waals surface area (Å²) in [6, 6.07) is 0. The number of aliphatic hydroxyl groups excluding tert-OH is 3. The Hall–Kier alpha value is -1.73. The first-order valence-corrected chi connectivity index (χ1v) is 30.8. The number of hydrogen-bond acceptors (Lipinski definition) is 19. The summed E-state index contributed by atoms with van der Waals surface area (Å²) in [5, 5.41) is 32.0. The van der Waals surface area contributed by atoms with Crippen molar-refractivity contribution in [1.29, 1.82) is 0 Å². The van der Waals surface area contributed by atoms with E-state index < -0.39 is 66.2 Å². The lowest BCUT2D eigenvalue weighted by atomic mass is 9.77. The molecule has 3 spiro atoms. The van der Waals surface area contributed by atoms with Crippen LogP contribution in [0, 0.1) is 29.6 Å². The Morgan fingerprint density at radius 3 is 2.04 bits per heavy atom. The van der Waals surface area contributed by atoms with Gasteiger partial charge in [-0.25, -0.2) is 0 Å². The second-order valence-electron chi connectivity index (χ2n) is 27.5. The van der Waals surface area contributed by atoms with Crippen LogP contribution in [-0.4, -0.2) is 198 Å². The van der Waals surface area contributed by atoms with E-state index in [1.165, 1.54) is 0 Å². The summed E-state index contributed by atoms with van der Waals surface area (Å²) in [6.45, 7) is 17.8. The first-order chi connectivity index (χ1) is 38.0. The van der Waals surface area contributed by atoms with Crippen LogP contribution in [0.4, 0.5) is 0 Å². The van der Waals surface area contributed by atoms with Crippen LogP contribution in [0.2, 0.25) is 0 Å². The number of carbonyl (C=O) groups is 1. The van der Waals surface area contributed by atoms with Gasteiger partial charge in [-0.3, -0.25) is 4.79 Å². The molecule has 0 aromatic carbocycles. The number of aliphatic hydroxyl groups is 3. The van der Waals surface area contributed by atoms with E-state index in [4.69, 9.17) is 71.1 Å². The molecule has 0 aliphatic carbocycles. The van der Waals surface area contributed by atoms with E-state index in [1.54, 1.807) is 0 Å². The molecule has 440 valence electrons. The van der Waals surface area contributed by atoms with Gasteiger partial charge in [0.25, 0.3) is 0 Å². The number of ether oxygens (including phenoxy) is 15. The summed E-state index contributed by atoms with van der Waals surface area (Å²) in [7, 11) is 0. The van der Waals surface area contributed by atoms with Crippen molar-refractivity contribution in [3.8, 4) is 0 Å². The normalized spacial score (nSPS) is 58.0. The van der Waals surface area contributed by atoms with Crippen molar-refractivity contribution in [2.45, 2.75) is 301 Å². The third kappa shape index (κ3) is 9.34. The SMILES string of the molecule is C=C1C[C@@H]2CC[C@]34CC(O3)[C@@H]3O[C@H]5CC[C@H](CC(=O)O[C@@H]6[C@@H](C)[C@@H]7O[C@@H]8C[C@@]9(C[C@@H]%10O[C@]%11(C[C@H](C)[C@@H]%12O[C@@H]%13[C@@H]([C@@H](O)CO)CO[C@@H]%13C[C@@H]%12O%11)C[C@H](C)[C@@H]%10O9)O[C@@H]8C[C@@H]7O[C@H]6C[C@H]6O[C@@H](CC[C@@H]1O2)C[C@@H](C)C6=C)O[C@@H]5[C@H](O4)[C@@H]3O. The summed E-state index contributed by atoms with van der Waals surface area (Å²) in [4.78, 5) is 14.5. The van der Waals surface area contributed by atoms with Crippen LogP contribution in [0.15, 0.2) is 24.3 Å². The highest BCUT2D eigenvalue weighted by molar-refractivity contribution is 5.70. The van der Waals surface area contributed by atoms with Gasteiger partial charge in [0.15, 0.2) is 17.4 Å². The second kappa shape index (κ2) is 20.2. The second-order valence-corrected chi connectivity index (χ2v) is 27.5. The van der Waals surface area contributed by atoms with Crippen LogP contribution in [0.1, 0.15) is 137 Å². The summed E-state index contributed by atoms with van der Waals surface area (Å²) in [5.41, 5.74) is 2.12. The molecule has 0 saturated carbocycles. The van der Waals surface area contributed by atoms with E-state index in [0.717, 1.165) is 43.3 Å². The molecule has 79 heavy (non-hydrogen) atoms. The molecule has 0 aromatic rings. The topological polar surface area (TPSA) is 216 Å². The molecule has 16 fully saturated rings. The molecule has 16 aliphatic heterocycles. The van der Waals surface area contributed by atoms with E-state index in [1.807, 2.05) is 0 Å². The molecule has 16 aliphatic rings. The molecule has 10 bridgehead atoms. The van der Waals surface area contributed by atoms with Gasteiger partial charge in [0.2, 0.25) is 0 Å². The monoisotopic (exact) mass is 1110 g/mol. The standard InChI is InChI=1S/C60H86O19/c1-26-13-32-7-9-37-27(2)14-34(66-37)11-12-58-22-47(76-58)55-49(64)57(79-58)56-38(70-55)10-8-33(68-56)15-48(63)72-53-31(6)52-43(69-42(53)16-39(67-32)30(26)5)17-40-45(71-52)21-60(74-40)23-46-51(78-60)29(4)20-59(77-46)19-28(3)50-44(75-59)18-41-54(73-50)35(25-65-41)36(62)24-61/h26,28-29,31-47,49-57,61-62,64H,2,5,7-25H2,1,3-4,6H3/t26-,28+,29+,31+,32+,33-,34+,35-,36+,37+,38+,39-,40-,41-,42+,43+,44+,45-,46+,47?,49-,50+,51+,52+,53-,54-,55+,56+,57-,58+,59-,60-/m1/s1. The fraction of sp³-hybridized carbons (Fsp3) is 0.917. The van der Waals surface area contributed by atoms with Crippen molar-refractivity contribution in [2.24, 2.45) is 29.6 Å². The summed E-state index contributed by atoms with van der Waals surface area (Å²) >= 11 is 0. The Balaban J connectivity index is 0.652. The molecule has 1 unspecified atom stereocenters. The number of rotatable bonds is 2. The van der Waals surface area contributed by atoms with Gasteiger partial charge in [-0.1, -0.05) is 40.9 Å². The lowest BCUT2D eigenvalue weighted by Crippen LogP contribution is -2.62. The molecular weight excluding hydrogens is 1020 g/mol. The highest BCUT2D eigenvalue weighted by atomic mass is 16.8. The lowest BCUT2D eigenvalue weighted by Gasteiger charge is -2.54. The predicted octanol–water partition coefficient (Wildman–Crippen LogP) is 4.78. The Bertz CT molecular complexity index is 2330. The van der Waals surface area contributed by atoms with Crippen molar-refractivity contribution < 1.29 is 91.2 Å². The summed E-state index contributed by atoms with van der Waals surface area (Å²) in [6.07, 6.45) is 1.63. The minimum absolute atomic E-state index is 0.0110. The van der Waals surface area contributed by atoms with Gasteiger partial charge in [-0.2, -0.15) is 0 Å². The van der Waals surface area contributed by atoms with Crippen molar-refractivity contribution in [3.05, 3.63) is 24.3 Å². The maximum Gasteiger partial charge on any atom is 0.308 e. The minimum Gasteiger partial charge on any atom is -0.459 e. The van der Waals surface area contributed by atoms with Crippen LogP contribution < -0.4 is 0 Å². The van der Waals surface area contributed by atoms with Gasteiger partial charge in [0.05, 0.1) is 136 Å². The highest BCUT2D eigenvalue weighted by Crippen LogP contribution is 2.57. The minimum atomic E-state index is -0.932. The fourth-order valence-corrected chi connectivity index (χ4v) is 18.2. The Kier molecular flexibility index (Phi) is 13.8. The summed E-state index contributed by atoms with van der Waals surface area (Å²) < 4.78 is 102.